The maximum Gasteiger partial charge on any atom is 0.312 e. The van der Waals surface area contributed by atoms with Gasteiger partial charge in [0.1, 0.15) is 12.2 Å². The highest BCUT2D eigenvalue weighted by Crippen LogP contribution is 2.31. The summed E-state index contributed by atoms with van der Waals surface area (Å²) in [4.78, 5) is 10.9. The molecular formula is C10H12FN5O3. The van der Waals surface area contributed by atoms with E-state index >= 15 is 0 Å². The van der Waals surface area contributed by atoms with Gasteiger partial charge in [0.05, 0.1) is 12.4 Å². The monoisotopic (exact) mass is 269 g/mol. The molecule has 8 nitrogen and oxygen atoms in total. The number of nitrogens with two attached hydrogens (primary N) is 1. The van der Waals surface area contributed by atoms with Crippen LogP contribution in [0.1, 0.15) is 13.2 Å². The van der Waals surface area contributed by atoms with Crippen molar-refractivity contribution in [3.05, 3.63) is 12.4 Å². The molecule has 0 saturated carbocycles. The lowest BCUT2D eigenvalue weighted by atomic mass is 10.1. The third kappa shape index (κ3) is 1.74. The largest absolute Gasteiger partial charge is 0.388 e. The fourth-order valence-corrected chi connectivity index (χ4v) is 2.15. The van der Waals surface area contributed by atoms with E-state index in [0.29, 0.717) is 0 Å². The molecule has 19 heavy (non-hydrogen) atoms. The van der Waals surface area contributed by atoms with Crippen LogP contribution in [0.15, 0.2) is 6.33 Å². The number of rotatable bonds is 1. The van der Waals surface area contributed by atoms with E-state index in [2.05, 4.69) is 15.0 Å². The predicted octanol–water partition coefficient (Wildman–Crippen LogP) is -0.813. The standard InChI is InChI=1S/C10H12FN5O3/c1-3-5(17)6(18)9(19-3)16-2-13-4-7(12)14-10(11)15-8(4)16/h2-3,5-6,9,17-18H,1H3,(H2,12,14,15)/t3-,5?,6+,9-/m1/s1. The number of ether oxygens (including phenoxy) is 1. The molecule has 3 rings (SSSR count). The number of nitrogens with zero attached hydrogens (tertiary/aromatic N) is 4. The number of anilines is 1. The number of halogens is 1. The molecule has 102 valence electrons. The lowest BCUT2D eigenvalue weighted by molar-refractivity contribution is -0.0300. The van der Waals surface area contributed by atoms with E-state index in [9.17, 15) is 14.6 Å². The fraction of sp³-hybridized carbons (Fsp3) is 0.500. The van der Waals surface area contributed by atoms with E-state index in [1.165, 1.54) is 10.9 Å². The lowest BCUT2D eigenvalue weighted by Crippen LogP contribution is -2.30. The van der Waals surface area contributed by atoms with E-state index < -0.39 is 30.6 Å². The van der Waals surface area contributed by atoms with E-state index in [0.717, 1.165) is 0 Å². The Morgan fingerprint density at radius 2 is 2.11 bits per heavy atom. The van der Waals surface area contributed by atoms with Crippen LogP contribution in [0.25, 0.3) is 11.2 Å². The first kappa shape index (κ1) is 12.2. The van der Waals surface area contributed by atoms with Gasteiger partial charge in [-0.25, -0.2) is 4.98 Å². The summed E-state index contributed by atoms with van der Waals surface area (Å²) in [6, 6.07) is 0. The van der Waals surface area contributed by atoms with Crippen molar-refractivity contribution in [1.29, 1.82) is 0 Å². The topological polar surface area (TPSA) is 119 Å². The summed E-state index contributed by atoms with van der Waals surface area (Å²) in [7, 11) is 0. The lowest BCUT2D eigenvalue weighted by Gasteiger charge is -2.16. The maximum absolute atomic E-state index is 13.2. The molecule has 2 aromatic rings. The summed E-state index contributed by atoms with van der Waals surface area (Å²) in [6.07, 6.45) is -3.33. The highest BCUT2D eigenvalue weighted by molar-refractivity contribution is 5.81. The highest BCUT2D eigenvalue weighted by atomic mass is 19.1. The number of hydrogen-bond donors (Lipinski definition) is 3. The number of fused-ring (bicyclic) bond motifs is 1. The summed E-state index contributed by atoms with van der Waals surface area (Å²) in [5, 5.41) is 19.6. The summed E-state index contributed by atoms with van der Waals surface area (Å²) < 4.78 is 19.9. The first-order valence-electron chi connectivity index (χ1n) is 5.66. The molecule has 0 spiro atoms. The van der Waals surface area contributed by atoms with Gasteiger partial charge in [-0.05, 0) is 6.92 Å². The molecule has 0 bridgehead atoms. The zero-order valence-corrected chi connectivity index (χ0v) is 9.93. The van der Waals surface area contributed by atoms with E-state index in [4.69, 9.17) is 10.5 Å². The normalized spacial score (nSPS) is 31.2. The summed E-state index contributed by atoms with van der Waals surface area (Å²) in [5.74, 6) is -0.0951. The van der Waals surface area contributed by atoms with Gasteiger partial charge in [-0.15, -0.1) is 0 Å². The van der Waals surface area contributed by atoms with Crippen molar-refractivity contribution in [3.63, 3.8) is 0 Å². The quantitative estimate of drug-likeness (QED) is 0.579. The maximum atomic E-state index is 13.2. The summed E-state index contributed by atoms with van der Waals surface area (Å²) >= 11 is 0. The Morgan fingerprint density at radius 1 is 1.37 bits per heavy atom. The molecule has 0 aliphatic carbocycles. The first-order valence-corrected chi connectivity index (χ1v) is 5.66. The molecule has 0 aromatic carbocycles. The van der Waals surface area contributed by atoms with Crippen molar-refractivity contribution in [3.8, 4) is 0 Å². The van der Waals surface area contributed by atoms with Gasteiger partial charge in [0.25, 0.3) is 0 Å². The Labute approximate surface area is 106 Å². The average Bonchev–Trinajstić information content (AvgIpc) is 2.86. The van der Waals surface area contributed by atoms with Gasteiger partial charge in [-0.2, -0.15) is 14.4 Å². The van der Waals surface area contributed by atoms with Crippen LogP contribution in [-0.2, 0) is 4.74 Å². The molecule has 1 aliphatic heterocycles. The van der Waals surface area contributed by atoms with Gasteiger partial charge in [-0.3, -0.25) is 4.57 Å². The molecule has 1 aliphatic rings. The number of aromatic nitrogens is 4. The SMILES string of the molecule is C[C@H]1O[C@@H](n2cnc3c(N)nc(F)nc32)[C@@H](O)C1O. The summed E-state index contributed by atoms with van der Waals surface area (Å²) in [5.41, 5.74) is 5.86. The van der Waals surface area contributed by atoms with E-state index in [-0.39, 0.29) is 17.0 Å². The number of nitrogen functional groups attached to an aromatic ring is 1. The van der Waals surface area contributed by atoms with Crippen molar-refractivity contribution < 1.29 is 19.3 Å². The van der Waals surface area contributed by atoms with E-state index in [1.807, 2.05) is 0 Å². The van der Waals surface area contributed by atoms with Crippen molar-refractivity contribution in [1.82, 2.24) is 19.5 Å². The third-order valence-corrected chi connectivity index (χ3v) is 3.17. The molecule has 4 N–H and O–H groups in total. The van der Waals surface area contributed by atoms with Crippen LogP contribution in [0.4, 0.5) is 10.2 Å². The van der Waals surface area contributed by atoms with Crippen molar-refractivity contribution in [2.24, 2.45) is 0 Å². The first-order chi connectivity index (χ1) is 8.99. The Morgan fingerprint density at radius 3 is 2.74 bits per heavy atom. The molecule has 1 unspecified atom stereocenters. The van der Waals surface area contributed by atoms with Crippen molar-refractivity contribution >= 4 is 17.0 Å². The molecule has 2 aromatic heterocycles. The van der Waals surface area contributed by atoms with Gasteiger partial charge >= 0.3 is 6.08 Å². The van der Waals surface area contributed by atoms with Crippen LogP contribution in [0, 0.1) is 6.08 Å². The Hall–Kier alpha value is -1.84. The van der Waals surface area contributed by atoms with Gasteiger partial charge < -0.3 is 20.7 Å². The van der Waals surface area contributed by atoms with Crippen LogP contribution in [-0.4, -0.2) is 48.0 Å². The van der Waals surface area contributed by atoms with Crippen LogP contribution >= 0.6 is 0 Å². The van der Waals surface area contributed by atoms with Gasteiger partial charge in [0.2, 0.25) is 0 Å². The minimum absolute atomic E-state index is 0.0951. The molecular weight excluding hydrogens is 257 g/mol. The van der Waals surface area contributed by atoms with E-state index in [1.54, 1.807) is 6.92 Å². The average molecular weight is 269 g/mol. The number of imidazole rings is 1. The minimum atomic E-state index is -1.16. The third-order valence-electron chi connectivity index (χ3n) is 3.17. The number of aliphatic hydroxyl groups excluding tert-OH is 2. The van der Waals surface area contributed by atoms with Crippen LogP contribution in [0.2, 0.25) is 0 Å². The van der Waals surface area contributed by atoms with Crippen LogP contribution < -0.4 is 5.73 Å². The van der Waals surface area contributed by atoms with Crippen LogP contribution in [0.3, 0.4) is 0 Å². The molecule has 1 fully saturated rings. The molecule has 3 heterocycles. The molecule has 0 amide bonds. The highest BCUT2D eigenvalue weighted by Gasteiger charge is 2.42. The fourth-order valence-electron chi connectivity index (χ4n) is 2.15. The molecule has 1 saturated heterocycles. The number of aliphatic hydroxyl groups is 2. The smallest absolute Gasteiger partial charge is 0.312 e. The van der Waals surface area contributed by atoms with Gasteiger partial charge in [0, 0.05) is 0 Å². The second-order valence-corrected chi connectivity index (χ2v) is 4.41. The minimum Gasteiger partial charge on any atom is -0.388 e. The van der Waals surface area contributed by atoms with Crippen molar-refractivity contribution in [2.75, 3.05) is 5.73 Å². The molecule has 9 heteroatoms. The molecule has 0 radical (unpaired) electrons. The van der Waals surface area contributed by atoms with Gasteiger partial charge in [-0.1, -0.05) is 0 Å². The van der Waals surface area contributed by atoms with Crippen molar-refractivity contribution in [2.45, 2.75) is 31.5 Å². The summed E-state index contributed by atoms with van der Waals surface area (Å²) in [6.45, 7) is 1.62. The molecule has 4 atom stereocenters. The predicted molar refractivity (Wildman–Crippen MR) is 61.3 cm³/mol. The van der Waals surface area contributed by atoms with Crippen LogP contribution in [0.5, 0.6) is 0 Å². The second-order valence-electron chi connectivity index (χ2n) is 4.41. The number of hydrogen-bond acceptors (Lipinski definition) is 7. The Bertz CT molecular complexity index is 633. The zero-order chi connectivity index (χ0) is 13.7. The Balaban J connectivity index is 2.11. The Kier molecular flexibility index (Phi) is 2.62. The zero-order valence-electron chi connectivity index (χ0n) is 9.93. The van der Waals surface area contributed by atoms with Gasteiger partial charge in [0.15, 0.2) is 23.2 Å². The second kappa shape index (κ2) is 4.08.